The highest BCUT2D eigenvalue weighted by atomic mass is 79.9. The van der Waals surface area contributed by atoms with Gasteiger partial charge in [0.1, 0.15) is 0 Å². The molecular weight excluding hydrogens is 300 g/mol. The van der Waals surface area contributed by atoms with E-state index in [9.17, 15) is 0 Å². The third kappa shape index (κ3) is 2.95. The molecule has 0 radical (unpaired) electrons. The van der Waals surface area contributed by atoms with Crippen LogP contribution in [0.2, 0.25) is 5.02 Å². The average molecular weight is 318 g/mol. The largest absolute Gasteiger partial charge is 0.368 e. The predicted molar refractivity (Wildman–Crippen MR) is 78.1 cm³/mol. The second kappa shape index (κ2) is 5.17. The first kappa shape index (κ1) is 13.2. The van der Waals surface area contributed by atoms with Gasteiger partial charge in [0.05, 0.1) is 5.02 Å². The summed E-state index contributed by atoms with van der Waals surface area (Å²) >= 11 is 9.51. The van der Waals surface area contributed by atoms with Gasteiger partial charge in [0.25, 0.3) is 0 Å². The quantitative estimate of drug-likeness (QED) is 0.895. The van der Waals surface area contributed by atoms with Crippen LogP contribution < -0.4 is 10.2 Å². The van der Waals surface area contributed by atoms with Crippen LogP contribution in [-0.4, -0.2) is 25.2 Å². The first-order valence-electron chi connectivity index (χ1n) is 5.99. The second-order valence-corrected chi connectivity index (χ2v) is 6.12. The van der Waals surface area contributed by atoms with Gasteiger partial charge in [-0.2, -0.15) is 0 Å². The number of hydrogen-bond donors (Lipinski definition) is 1. The topological polar surface area (TPSA) is 15.3 Å². The zero-order chi connectivity index (χ0) is 12.5. The standard InChI is InChI=1S/C13H18BrClN2/c1-3-13(2)9-17(7-6-16-13)10-4-5-12(15)11(14)8-10/h4-5,8,16H,3,6-7,9H2,1-2H3. The minimum absolute atomic E-state index is 0.213. The van der Waals surface area contributed by atoms with Crippen LogP contribution in [0, 0.1) is 0 Å². The van der Waals surface area contributed by atoms with E-state index in [0.717, 1.165) is 35.6 Å². The Bertz CT molecular complexity index is 410. The van der Waals surface area contributed by atoms with Crippen LogP contribution in [0.3, 0.4) is 0 Å². The maximum atomic E-state index is 6.03. The lowest BCUT2D eigenvalue weighted by Gasteiger charge is -2.42. The van der Waals surface area contributed by atoms with Gasteiger partial charge in [-0.25, -0.2) is 0 Å². The molecule has 0 amide bonds. The number of nitrogens with one attached hydrogen (secondary N) is 1. The Morgan fingerprint density at radius 1 is 1.53 bits per heavy atom. The Hall–Kier alpha value is -0.250. The zero-order valence-corrected chi connectivity index (χ0v) is 12.6. The van der Waals surface area contributed by atoms with Crippen molar-refractivity contribution in [2.45, 2.75) is 25.8 Å². The first-order valence-corrected chi connectivity index (χ1v) is 7.16. The number of piperazine rings is 1. The molecule has 4 heteroatoms. The fraction of sp³-hybridized carbons (Fsp3) is 0.538. The molecule has 1 aliphatic heterocycles. The van der Waals surface area contributed by atoms with Gasteiger partial charge in [0.15, 0.2) is 0 Å². The summed E-state index contributed by atoms with van der Waals surface area (Å²) in [6, 6.07) is 6.14. The Morgan fingerprint density at radius 2 is 2.29 bits per heavy atom. The Kier molecular flexibility index (Phi) is 4.01. The summed E-state index contributed by atoms with van der Waals surface area (Å²) in [7, 11) is 0. The molecule has 1 fully saturated rings. The van der Waals surface area contributed by atoms with Gasteiger partial charge in [-0.1, -0.05) is 18.5 Å². The van der Waals surface area contributed by atoms with Gasteiger partial charge in [-0.05, 0) is 47.5 Å². The molecule has 0 spiro atoms. The molecule has 1 aromatic rings. The molecule has 0 aliphatic carbocycles. The van der Waals surface area contributed by atoms with Crippen molar-refractivity contribution >= 4 is 33.2 Å². The van der Waals surface area contributed by atoms with Crippen LogP contribution in [0.4, 0.5) is 5.69 Å². The van der Waals surface area contributed by atoms with E-state index in [1.54, 1.807) is 0 Å². The molecule has 0 saturated carbocycles. The van der Waals surface area contributed by atoms with E-state index in [-0.39, 0.29) is 5.54 Å². The van der Waals surface area contributed by atoms with Crippen molar-refractivity contribution < 1.29 is 0 Å². The maximum Gasteiger partial charge on any atom is 0.0549 e. The third-order valence-electron chi connectivity index (χ3n) is 3.52. The lowest BCUT2D eigenvalue weighted by Crippen LogP contribution is -2.58. The van der Waals surface area contributed by atoms with Gasteiger partial charge < -0.3 is 10.2 Å². The second-order valence-electron chi connectivity index (χ2n) is 4.86. The smallest absolute Gasteiger partial charge is 0.0549 e. The fourth-order valence-electron chi connectivity index (χ4n) is 2.19. The summed E-state index contributed by atoms with van der Waals surface area (Å²) in [6.07, 6.45) is 1.14. The lowest BCUT2D eigenvalue weighted by atomic mass is 9.95. The van der Waals surface area contributed by atoms with Gasteiger partial charge in [-0.3, -0.25) is 0 Å². The van der Waals surface area contributed by atoms with Crippen molar-refractivity contribution in [3.63, 3.8) is 0 Å². The third-order valence-corrected chi connectivity index (χ3v) is 4.74. The lowest BCUT2D eigenvalue weighted by molar-refractivity contribution is 0.314. The summed E-state index contributed by atoms with van der Waals surface area (Å²) in [5.41, 5.74) is 1.45. The number of nitrogens with zero attached hydrogens (tertiary/aromatic N) is 1. The minimum Gasteiger partial charge on any atom is -0.368 e. The van der Waals surface area contributed by atoms with Crippen molar-refractivity contribution in [3.05, 3.63) is 27.7 Å². The summed E-state index contributed by atoms with van der Waals surface area (Å²) in [4.78, 5) is 2.42. The summed E-state index contributed by atoms with van der Waals surface area (Å²) < 4.78 is 0.966. The minimum atomic E-state index is 0.213. The summed E-state index contributed by atoms with van der Waals surface area (Å²) in [6.45, 7) is 7.63. The van der Waals surface area contributed by atoms with E-state index >= 15 is 0 Å². The van der Waals surface area contributed by atoms with Crippen LogP contribution in [0.25, 0.3) is 0 Å². The zero-order valence-electron chi connectivity index (χ0n) is 10.3. The Labute approximate surface area is 116 Å². The van der Waals surface area contributed by atoms with Gasteiger partial charge >= 0.3 is 0 Å². The van der Waals surface area contributed by atoms with Crippen molar-refractivity contribution in [1.29, 1.82) is 0 Å². The molecule has 17 heavy (non-hydrogen) atoms. The molecule has 0 aromatic heterocycles. The van der Waals surface area contributed by atoms with Crippen molar-refractivity contribution in [1.82, 2.24) is 5.32 Å². The molecule has 1 saturated heterocycles. The molecule has 94 valence electrons. The van der Waals surface area contributed by atoms with Crippen LogP contribution in [-0.2, 0) is 0 Å². The number of hydrogen-bond acceptors (Lipinski definition) is 2. The van der Waals surface area contributed by atoms with Crippen LogP contribution in [0.5, 0.6) is 0 Å². The SMILES string of the molecule is CCC1(C)CN(c2ccc(Cl)c(Br)c2)CCN1. The molecule has 1 N–H and O–H groups in total. The van der Waals surface area contributed by atoms with E-state index < -0.39 is 0 Å². The van der Waals surface area contributed by atoms with E-state index in [1.807, 2.05) is 6.07 Å². The molecule has 2 rings (SSSR count). The molecule has 0 bridgehead atoms. The molecule has 1 heterocycles. The number of anilines is 1. The monoisotopic (exact) mass is 316 g/mol. The average Bonchev–Trinajstić information content (AvgIpc) is 2.33. The molecular formula is C13H18BrClN2. The predicted octanol–water partition coefficient (Wildman–Crippen LogP) is 3.68. The van der Waals surface area contributed by atoms with E-state index in [2.05, 4.69) is 52.1 Å². The molecule has 1 aromatic carbocycles. The van der Waals surface area contributed by atoms with Crippen molar-refractivity contribution in [2.24, 2.45) is 0 Å². The maximum absolute atomic E-state index is 6.03. The Balaban J connectivity index is 2.19. The van der Waals surface area contributed by atoms with E-state index in [4.69, 9.17) is 11.6 Å². The summed E-state index contributed by atoms with van der Waals surface area (Å²) in [5.74, 6) is 0. The molecule has 1 atom stereocenters. The highest BCUT2D eigenvalue weighted by Crippen LogP contribution is 2.29. The van der Waals surface area contributed by atoms with Crippen LogP contribution in [0.1, 0.15) is 20.3 Å². The number of halogens is 2. The fourth-order valence-corrected chi connectivity index (χ4v) is 2.67. The highest BCUT2D eigenvalue weighted by molar-refractivity contribution is 9.10. The summed E-state index contributed by atoms with van der Waals surface area (Å²) in [5, 5.41) is 4.36. The highest BCUT2D eigenvalue weighted by Gasteiger charge is 2.28. The van der Waals surface area contributed by atoms with E-state index in [1.165, 1.54) is 5.69 Å². The van der Waals surface area contributed by atoms with Gasteiger partial charge in [0, 0.05) is 35.3 Å². The van der Waals surface area contributed by atoms with Crippen LogP contribution in [0.15, 0.2) is 22.7 Å². The van der Waals surface area contributed by atoms with Gasteiger partial charge in [-0.15, -0.1) is 0 Å². The molecule has 2 nitrogen and oxygen atoms in total. The van der Waals surface area contributed by atoms with Crippen molar-refractivity contribution in [2.75, 3.05) is 24.5 Å². The Morgan fingerprint density at radius 3 is 2.94 bits per heavy atom. The van der Waals surface area contributed by atoms with Crippen molar-refractivity contribution in [3.8, 4) is 0 Å². The molecule has 1 aliphatic rings. The number of rotatable bonds is 2. The number of benzene rings is 1. The normalized spacial score (nSPS) is 25.1. The van der Waals surface area contributed by atoms with E-state index in [0.29, 0.717) is 0 Å². The first-order chi connectivity index (χ1) is 8.04. The van der Waals surface area contributed by atoms with Gasteiger partial charge in [0.2, 0.25) is 0 Å². The van der Waals surface area contributed by atoms with Crippen LogP contribution >= 0.6 is 27.5 Å². The molecule has 1 unspecified atom stereocenters.